The van der Waals surface area contributed by atoms with Gasteiger partial charge in [-0.3, -0.25) is 4.68 Å². The van der Waals surface area contributed by atoms with Crippen LogP contribution in [0.25, 0.3) is 11.3 Å². The van der Waals surface area contributed by atoms with Crippen LogP contribution < -0.4 is 15.8 Å². The van der Waals surface area contributed by atoms with Gasteiger partial charge >= 0.3 is 6.03 Å². The van der Waals surface area contributed by atoms with Gasteiger partial charge in [-0.25, -0.2) is 14.2 Å². The molecule has 0 radical (unpaired) electrons. The molecule has 1 aromatic carbocycles. The fraction of sp³-hybridized carbons (Fsp3) is 0.423. The standard InChI is InChI=1S/C26H31FN6O2/c1-16(2)30-25(34)32-10-8-26(15-32)9-11-33-23(26)13-21(31-33)19-12-22(24(28)29-14-19)35-17(3)18-4-6-20(27)7-5-18/h4-7,12-14,16-17H,8-11,15H2,1-3H3,(H2,28,29)(H,30,34)/t17?,26-/m1/s1. The molecule has 2 amide bonds. The molecular formula is C26H31FN6O2. The number of ether oxygens (including phenoxy) is 1. The fourth-order valence-electron chi connectivity index (χ4n) is 5.08. The van der Waals surface area contributed by atoms with Crippen LogP contribution in [0, 0.1) is 5.82 Å². The maximum Gasteiger partial charge on any atom is 0.317 e. The highest BCUT2D eigenvalue weighted by Crippen LogP contribution is 2.44. The van der Waals surface area contributed by atoms with E-state index in [-0.39, 0.29) is 35.2 Å². The summed E-state index contributed by atoms with van der Waals surface area (Å²) in [5.41, 5.74) is 9.64. The molecule has 2 aliphatic heterocycles. The Kier molecular flexibility index (Phi) is 5.86. The molecule has 0 bridgehead atoms. The van der Waals surface area contributed by atoms with Gasteiger partial charge in [-0.1, -0.05) is 12.1 Å². The monoisotopic (exact) mass is 478 g/mol. The van der Waals surface area contributed by atoms with Crippen LogP contribution in [0.5, 0.6) is 5.75 Å². The van der Waals surface area contributed by atoms with Crippen molar-refractivity contribution in [3.63, 3.8) is 0 Å². The van der Waals surface area contributed by atoms with Crippen molar-refractivity contribution >= 4 is 11.8 Å². The van der Waals surface area contributed by atoms with Crippen LogP contribution in [-0.4, -0.2) is 44.8 Å². The second-order valence-electron chi connectivity index (χ2n) is 9.86. The number of fused-ring (bicyclic) bond motifs is 2. The Morgan fingerprint density at radius 3 is 2.66 bits per heavy atom. The zero-order chi connectivity index (χ0) is 24.7. The Morgan fingerprint density at radius 2 is 1.91 bits per heavy atom. The Hall–Kier alpha value is -3.62. The molecule has 1 unspecified atom stereocenters. The first-order chi connectivity index (χ1) is 16.7. The number of aromatic nitrogens is 3. The third-order valence-electron chi connectivity index (χ3n) is 7.00. The van der Waals surface area contributed by atoms with Crippen molar-refractivity contribution in [2.24, 2.45) is 0 Å². The average molecular weight is 479 g/mol. The van der Waals surface area contributed by atoms with E-state index >= 15 is 0 Å². The fourth-order valence-corrected chi connectivity index (χ4v) is 5.08. The molecule has 184 valence electrons. The minimum atomic E-state index is -0.327. The molecule has 2 aromatic heterocycles. The normalized spacial score (nSPS) is 19.9. The number of amides is 2. The number of rotatable bonds is 5. The number of nitrogens with two attached hydrogens (primary N) is 1. The number of carbonyl (C=O) groups excluding carboxylic acids is 1. The lowest BCUT2D eigenvalue weighted by atomic mass is 9.82. The predicted molar refractivity (Wildman–Crippen MR) is 131 cm³/mol. The predicted octanol–water partition coefficient (Wildman–Crippen LogP) is 4.27. The summed E-state index contributed by atoms with van der Waals surface area (Å²) in [6, 6.07) is 10.3. The summed E-state index contributed by atoms with van der Waals surface area (Å²) in [6.45, 7) is 8.08. The number of hydrogen-bond donors (Lipinski definition) is 2. The van der Waals surface area contributed by atoms with Crippen molar-refractivity contribution in [2.75, 3.05) is 18.8 Å². The largest absolute Gasteiger partial charge is 0.482 e. The number of benzene rings is 1. The number of carbonyl (C=O) groups is 1. The molecule has 4 heterocycles. The summed E-state index contributed by atoms with van der Waals surface area (Å²) in [7, 11) is 0. The van der Waals surface area contributed by atoms with Crippen LogP contribution in [0.15, 0.2) is 42.6 Å². The molecule has 0 saturated carbocycles. The van der Waals surface area contributed by atoms with Crippen molar-refractivity contribution in [3.05, 3.63) is 59.7 Å². The summed E-state index contributed by atoms with van der Waals surface area (Å²) >= 11 is 0. The van der Waals surface area contributed by atoms with Crippen LogP contribution in [0.1, 0.15) is 51.0 Å². The van der Waals surface area contributed by atoms with E-state index < -0.39 is 0 Å². The number of likely N-dealkylation sites (tertiary alicyclic amines) is 1. The number of nitrogens with one attached hydrogen (secondary N) is 1. The van der Waals surface area contributed by atoms with Crippen LogP contribution in [-0.2, 0) is 12.0 Å². The van der Waals surface area contributed by atoms with E-state index in [1.54, 1.807) is 18.3 Å². The summed E-state index contributed by atoms with van der Waals surface area (Å²) < 4.78 is 21.4. The molecule has 2 aliphatic rings. The first-order valence-electron chi connectivity index (χ1n) is 12.1. The molecule has 1 fully saturated rings. The molecule has 1 spiro atoms. The molecule has 35 heavy (non-hydrogen) atoms. The van der Waals surface area contributed by atoms with Crippen molar-refractivity contribution in [3.8, 4) is 17.0 Å². The third-order valence-corrected chi connectivity index (χ3v) is 7.00. The molecule has 5 rings (SSSR count). The van der Waals surface area contributed by atoms with E-state index in [1.807, 2.05) is 31.7 Å². The van der Waals surface area contributed by atoms with Gasteiger partial charge in [-0.15, -0.1) is 0 Å². The van der Waals surface area contributed by atoms with Gasteiger partial charge in [0.2, 0.25) is 0 Å². The summed E-state index contributed by atoms with van der Waals surface area (Å²) in [5, 5.41) is 7.84. The van der Waals surface area contributed by atoms with Crippen LogP contribution in [0.2, 0.25) is 0 Å². The quantitative estimate of drug-likeness (QED) is 0.571. The van der Waals surface area contributed by atoms with Crippen molar-refractivity contribution in [1.82, 2.24) is 25.0 Å². The second-order valence-corrected chi connectivity index (χ2v) is 9.86. The number of aryl methyl sites for hydroxylation is 1. The lowest BCUT2D eigenvalue weighted by molar-refractivity contribution is 0.203. The topological polar surface area (TPSA) is 98.3 Å². The van der Waals surface area contributed by atoms with E-state index in [0.717, 1.165) is 48.4 Å². The Morgan fingerprint density at radius 1 is 1.17 bits per heavy atom. The van der Waals surface area contributed by atoms with Crippen molar-refractivity contribution < 1.29 is 13.9 Å². The SMILES string of the molecule is CC(C)NC(=O)N1CC[C@@]2(CCn3nc(-c4cnc(N)c(OC(C)c5ccc(F)cc5)c4)cc32)C1. The van der Waals surface area contributed by atoms with Gasteiger partial charge in [0, 0.05) is 48.5 Å². The molecule has 8 nitrogen and oxygen atoms in total. The van der Waals surface area contributed by atoms with Gasteiger partial charge in [-0.05, 0) is 63.4 Å². The number of urea groups is 1. The average Bonchev–Trinajstić information content (AvgIpc) is 3.52. The summed E-state index contributed by atoms with van der Waals surface area (Å²) in [6.07, 6.45) is 3.27. The van der Waals surface area contributed by atoms with E-state index in [0.29, 0.717) is 12.3 Å². The van der Waals surface area contributed by atoms with Gasteiger partial charge in [0.05, 0.1) is 5.69 Å². The number of anilines is 1. The number of nitrogens with zero attached hydrogens (tertiary/aromatic N) is 4. The van der Waals surface area contributed by atoms with Gasteiger partial charge in [0.1, 0.15) is 11.9 Å². The maximum absolute atomic E-state index is 13.3. The minimum absolute atomic E-state index is 0.00476. The van der Waals surface area contributed by atoms with E-state index in [1.165, 1.54) is 12.1 Å². The van der Waals surface area contributed by atoms with E-state index in [2.05, 4.69) is 21.0 Å². The number of pyridine rings is 1. The first-order valence-corrected chi connectivity index (χ1v) is 12.1. The molecule has 0 aliphatic carbocycles. The highest BCUT2D eigenvalue weighted by molar-refractivity contribution is 5.75. The zero-order valence-corrected chi connectivity index (χ0v) is 20.3. The van der Waals surface area contributed by atoms with E-state index in [4.69, 9.17) is 15.6 Å². The molecule has 3 N–H and O–H groups in total. The Balaban J connectivity index is 1.36. The van der Waals surface area contributed by atoms with Crippen molar-refractivity contribution in [2.45, 2.75) is 57.7 Å². The number of halogens is 1. The first kappa shape index (κ1) is 23.1. The molecule has 1 saturated heterocycles. The third kappa shape index (κ3) is 4.42. The van der Waals surface area contributed by atoms with Crippen LogP contribution in [0.3, 0.4) is 0 Å². The second kappa shape index (κ2) is 8.87. The summed E-state index contributed by atoms with van der Waals surface area (Å²) in [5.74, 6) is 0.453. The van der Waals surface area contributed by atoms with Gasteiger partial charge in [0.15, 0.2) is 11.6 Å². The smallest absolute Gasteiger partial charge is 0.317 e. The Labute approximate surface area is 204 Å². The highest BCUT2D eigenvalue weighted by Gasteiger charge is 2.47. The Bertz CT molecular complexity index is 1240. The molecular weight excluding hydrogens is 447 g/mol. The van der Waals surface area contributed by atoms with Gasteiger partial charge in [0.25, 0.3) is 0 Å². The number of hydrogen-bond acceptors (Lipinski definition) is 5. The highest BCUT2D eigenvalue weighted by atomic mass is 19.1. The lowest BCUT2D eigenvalue weighted by Crippen LogP contribution is -2.43. The summed E-state index contributed by atoms with van der Waals surface area (Å²) in [4.78, 5) is 18.8. The van der Waals surface area contributed by atoms with Crippen molar-refractivity contribution in [1.29, 1.82) is 0 Å². The van der Waals surface area contributed by atoms with Gasteiger partial charge in [-0.2, -0.15) is 5.10 Å². The number of nitrogen functional groups attached to an aromatic ring is 1. The van der Waals surface area contributed by atoms with Crippen LogP contribution in [0.4, 0.5) is 15.0 Å². The lowest BCUT2D eigenvalue weighted by Gasteiger charge is -2.24. The molecule has 9 heteroatoms. The van der Waals surface area contributed by atoms with E-state index in [9.17, 15) is 9.18 Å². The minimum Gasteiger partial charge on any atom is -0.482 e. The van der Waals surface area contributed by atoms with Crippen LogP contribution >= 0.6 is 0 Å². The molecule has 3 aromatic rings. The molecule has 2 atom stereocenters. The maximum atomic E-state index is 13.3. The van der Waals surface area contributed by atoms with Gasteiger partial charge < -0.3 is 20.7 Å². The zero-order valence-electron chi connectivity index (χ0n) is 20.3.